The van der Waals surface area contributed by atoms with E-state index in [-0.39, 0.29) is 23.3 Å². The van der Waals surface area contributed by atoms with Gasteiger partial charge in [-0.05, 0) is 42.5 Å². The molecule has 3 rings (SSSR count). The van der Waals surface area contributed by atoms with Gasteiger partial charge in [0.2, 0.25) is 11.8 Å². The summed E-state index contributed by atoms with van der Waals surface area (Å²) in [5, 5.41) is 3.11. The molecule has 1 fully saturated rings. The standard InChI is InChI=1S/C17H16ClN3O4S2/c18-12-4-6-15(7-5-12)27(24,25)20-14-3-1-2-13(8-14)19-16(22)9-21-11-26-10-17(21)23/h1-8,20H,9-11H2,(H,19,22). The quantitative estimate of drug-likeness (QED) is 0.741. The van der Waals surface area contributed by atoms with Crippen molar-refractivity contribution in [2.24, 2.45) is 0 Å². The molecule has 0 saturated carbocycles. The van der Waals surface area contributed by atoms with Crippen LogP contribution in [0, 0.1) is 0 Å². The van der Waals surface area contributed by atoms with E-state index < -0.39 is 10.0 Å². The van der Waals surface area contributed by atoms with E-state index in [0.717, 1.165) is 0 Å². The lowest BCUT2D eigenvalue weighted by atomic mass is 10.3. The number of sulfonamides is 1. The van der Waals surface area contributed by atoms with Crippen LogP contribution in [0.5, 0.6) is 0 Å². The minimum absolute atomic E-state index is 0.0352. The van der Waals surface area contributed by atoms with Crippen molar-refractivity contribution in [1.29, 1.82) is 0 Å². The van der Waals surface area contributed by atoms with Gasteiger partial charge in [-0.3, -0.25) is 14.3 Å². The molecule has 2 aromatic rings. The van der Waals surface area contributed by atoms with Crippen LogP contribution in [0.4, 0.5) is 11.4 Å². The van der Waals surface area contributed by atoms with Crippen molar-refractivity contribution in [1.82, 2.24) is 4.90 Å². The van der Waals surface area contributed by atoms with Gasteiger partial charge in [0.1, 0.15) is 6.54 Å². The van der Waals surface area contributed by atoms with Crippen LogP contribution < -0.4 is 10.0 Å². The number of halogens is 1. The first-order valence-electron chi connectivity index (χ1n) is 7.87. The summed E-state index contributed by atoms with van der Waals surface area (Å²) in [7, 11) is -3.78. The van der Waals surface area contributed by atoms with Crippen molar-refractivity contribution >= 4 is 56.6 Å². The highest BCUT2D eigenvalue weighted by Gasteiger charge is 2.23. The predicted octanol–water partition coefficient (Wildman–Crippen LogP) is 2.61. The molecule has 2 amide bonds. The fourth-order valence-corrected chi connectivity index (χ4v) is 4.48. The largest absolute Gasteiger partial charge is 0.324 e. The first kappa shape index (κ1) is 19.5. The number of hydrogen-bond donors (Lipinski definition) is 2. The zero-order valence-corrected chi connectivity index (χ0v) is 16.4. The summed E-state index contributed by atoms with van der Waals surface area (Å²) in [6.07, 6.45) is 0. The van der Waals surface area contributed by atoms with Gasteiger partial charge in [-0.25, -0.2) is 8.42 Å². The van der Waals surface area contributed by atoms with Gasteiger partial charge in [0.25, 0.3) is 10.0 Å². The summed E-state index contributed by atoms with van der Waals surface area (Å²) in [5.74, 6) is 0.464. The average Bonchev–Trinajstić information content (AvgIpc) is 3.00. The minimum atomic E-state index is -3.78. The second kappa shape index (κ2) is 8.20. The smallest absolute Gasteiger partial charge is 0.261 e. The second-order valence-electron chi connectivity index (χ2n) is 5.76. The fraction of sp³-hybridized carbons (Fsp3) is 0.176. The van der Waals surface area contributed by atoms with Crippen LogP contribution in [0.1, 0.15) is 0 Å². The van der Waals surface area contributed by atoms with Gasteiger partial charge in [-0.15, -0.1) is 11.8 Å². The maximum atomic E-state index is 12.4. The number of carbonyl (C=O) groups excluding carboxylic acids is 2. The minimum Gasteiger partial charge on any atom is -0.324 e. The number of benzene rings is 2. The van der Waals surface area contributed by atoms with Gasteiger partial charge in [0, 0.05) is 10.7 Å². The van der Waals surface area contributed by atoms with Gasteiger partial charge < -0.3 is 10.2 Å². The Morgan fingerprint density at radius 1 is 1.15 bits per heavy atom. The maximum Gasteiger partial charge on any atom is 0.261 e. The average molecular weight is 426 g/mol. The van der Waals surface area contributed by atoms with Gasteiger partial charge >= 0.3 is 0 Å². The van der Waals surface area contributed by atoms with Gasteiger partial charge in [-0.2, -0.15) is 0 Å². The molecule has 2 N–H and O–H groups in total. The molecule has 0 unspecified atom stereocenters. The summed E-state index contributed by atoms with van der Waals surface area (Å²) in [6.45, 7) is -0.0352. The third-order valence-corrected chi connectivity index (χ3v) is 6.28. The Labute approximate surface area is 166 Å². The third kappa shape index (κ3) is 5.15. The molecule has 1 saturated heterocycles. The summed E-state index contributed by atoms with van der Waals surface area (Å²) in [4.78, 5) is 25.2. The first-order valence-corrected chi connectivity index (χ1v) is 10.9. The van der Waals surface area contributed by atoms with E-state index in [9.17, 15) is 18.0 Å². The molecule has 142 valence electrons. The van der Waals surface area contributed by atoms with Crippen LogP contribution in [0.15, 0.2) is 53.4 Å². The van der Waals surface area contributed by atoms with Crippen LogP contribution in [0.3, 0.4) is 0 Å². The molecule has 0 aliphatic carbocycles. The van der Waals surface area contributed by atoms with Crippen LogP contribution in [0.2, 0.25) is 5.02 Å². The summed E-state index contributed by atoms with van der Waals surface area (Å²) < 4.78 is 27.3. The van der Waals surface area contributed by atoms with Crippen molar-refractivity contribution in [3.05, 3.63) is 53.6 Å². The Hall–Kier alpha value is -2.23. The van der Waals surface area contributed by atoms with E-state index in [0.29, 0.717) is 28.0 Å². The molecule has 10 heteroatoms. The van der Waals surface area contributed by atoms with E-state index in [1.807, 2.05) is 0 Å². The Kier molecular flexibility index (Phi) is 5.93. The van der Waals surface area contributed by atoms with E-state index in [1.54, 1.807) is 18.2 Å². The normalized spacial score (nSPS) is 14.3. The highest BCUT2D eigenvalue weighted by atomic mass is 35.5. The van der Waals surface area contributed by atoms with E-state index in [4.69, 9.17) is 11.6 Å². The van der Waals surface area contributed by atoms with E-state index in [1.165, 1.54) is 47.0 Å². The number of amides is 2. The van der Waals surface area contributed by atoms with Crippen molar-refractivity contribution in [2.75, 3.05) is 28.2 Å². The lowest BCUT2D eigenvalue weighted by Gasteiger charge is -2.15. The Morgan fingerprint density at radius 2 is 1.85 bits per heavy atom. The number of nitrogens with one attached hydrogen (secondary N) is 2. The summed E-state index contributed by atoms with van der Waals surface area (Å²) >= 11 is 7.24. The number of rotatable bonds is 6. The molecule has 0 spiro atoms. The number of carbonyl (C=O) groups is 2. The zero-order valence-electron chi connectivity index (χ0n) is 14.0. The van der Waals surface area contributed by atoms with Crippen molar-refractivity contribution in [3.63, 3.8) is 0 Å². The van der Waals surface area contributed by atoms with Crippen LogP contribution >= 0.6 is 23.4 Å². The van der Waals surface area contributed by atoms with Crippen LogP contribution in [-0.4, -0.2) is 43.3 Å². The number of anilines is 2. The highest BCUT2D eigenvalue weighted by molar-refractivity contribution is 8.00. The number of nitrogens with zero attached hydrogens (tertiary/aromatic N) is 1. The maximum absolute atomic E-state index is 12.4. The van der Waals surface area contributed by atoms with Crippen molar-refractivity contribution in [2.45, 2.75) is 4.90 Å². The second-order valence-corrected chi connectivity index (χ2v) is 8.83. The Bertz CT molecular complexity index is 964. The van der Waals surface area contributed by atoms with Crippen LogP contribution in [0.25, 0.3) is 0 Å². The highest BCUT2D eigenvalue weighted by Crippen LogP contribution is 2.21. The monoisotopic (exact) mass is 425 g/mol. The molecule has 0 bridgehead atoms. The predicted molar refractivity (Wildman–Crippen MR) is 106 cm³/mol. The molecule has 7 nitrogen and oxygen atoms in total. The molecular formula is C17H16ClN3O4S2. The molecule has 1 aliphatic heterocycles. The molecule has 0 aromatic heterocycles. The topological polar surface area (TPSA) is 95.6 Å². The fourth-order valence-electron chi connectivity index (χ4n) is 2.40. The number of hydrogen-bond acceptors (Lipinski definition) is 5. The first-order chi connectivity index (χ1) is 12.8. The lowest BCUT2D eigenvalue weighted by molar-refractivity contribution is -0.130. The lowest BCUT2D eigenvalue weighted by Crippen LogP contribution is -2.34. The van der Waals surface area contributed by atoms with E-state index >= 15 is 0 Å². The Balaban J connectivity index is 1.67. The van der Waals surface area contributed by atoms with E-state index in [2.05, 4.69) is 10.0 Å². The third-order valence-electron chi connectivity index (χ3n) is 3.68. The van der Waals surface area contributed by atoms with Crippen molar-refractivity contribution in [3.8, 4) is 0 Å². The SMILES string of the molecule is O=C(CN1CSCC1=O)Nc1cccc(NS(=O)(=O)c2ccc(Cl)cc2)c1. The van der Waals surface area contributed by atoms with Gasteiger partial charge in [-0.1, -0.05) is 17.7 Å². The zero-order chi connectivity index (χ0) is 19.4. The Morgan fingerprint density at radius 3 is 2.52 bits per heavy atom. The summed E-state index contributed by atoms with van der Waals surface area (Å²) in [5.41, 5.74) is 0.728. The number of thioether (sulfide) groups is 1. The molecule has 27 heavy (non-hydrogen) atoms. The molecule has 2 aromatic carbocycles. The van der Waals surface area contributed by atoms with Gasteiger partial charge in [0.15, 0.2) is 0 Å². The summed E-state index contributed by atoms with van der Waals surface area (Å²) in [6, 6.07) is 12.1. The van der Waals surface area contributed by atoms with Gasteiger partial charge in [0.05, 0.1) is 22.2 Å². The molecule has 1 aliphatic rings. The van der Waals surface area contributed by atoms with Crippen molar-refractivity contribution < 1.29 is 18.0 Å². The molecule has 0 atom stereocenters. The molecular weight excluding hydrogens is 410 g/mol. The van der Waals surface area contributed by atoms with Crippen LogP contribution in [-0.2, 0) is 19.6 Å². The molecule has 0 radical (unpaired) electrons. The molecule has 1 heterocycles.